The minimum absolute atomic E-state index is 0.107. The Morgan fingerprint density at radius 3 is 2.64 bits per heavy atom. The lowest BCUT2D eigenvalue weighted by Gasteiger charge is -2.27. The second-order valence-electron chi connectivity index (χ2n) is 9.22. The second kappa shape index (κ2) is 9.62. The van der Waals surface area contributed by atoms with E-state index in [0.717, 1.165) is 29.2 Å². The Hall–Kier alpha value is -1.06. The number of benzene rings is 1. The highest BCUT2D eigenvalue weighted by molar-refractivity contribution is 7.84. The number of imidazole rings is 1. The fourth-order valence-electron chi connectivity index (χ4n) is 3.13. The molecule has 2 atom stereocenters. The van der Waals surface area contributed by atoms with Gasteiger partial charge in [0.15, 0.2) is 0 Å². The topological polar surface area (TPSA) is 79.4 Å². The first-order chi connectivity index (χ1) is 13.0. The van der Waals surface area contributed by atoms with Crippen LogP contribution in [-0.4, -0.2) is 46.9 Å². The average Bonchev–Trinajstić information content (AvgIpc) is 2.99. The van der Waals surface area contributed by atoms with Crippen molar-refractivity contribution in [3.63, 3.8) is 0 Å². The molecule has 1 unspecified atom stereocenters. The van der Waals surface area contributed by atoms with Gasteiger partial charge in [-0.1, -0.05) is 25.7 Å². The summed E-state index contributed by atoms with van der Waals surface area (Å²) in [7, 11) is -0.794. The number of fused-ring (bicyclic) bond motifs is 1. The largest absolute Gasteiger partial charge is 0.384 e. The van der Waals surface area contributed by atoms with Crippen molar-refractivity contribution in [1.82, 2.24) is 9.55 Å². The number of rotatable bonds is 11. The van der Waals surface area contributed by atoms with Crippen LogP contribution in [0.15, 0.2) is 24.5 Å². The Balaban J connectivity index is 2.13. The molecule has 0 amide bonds. The molecule has 6 nitrogen and oxygen atoms in total. The molecule has 0 bridgehead atoms. The fourth-order valence-corrected chi connectivity index (χ4v) is 4.25. The van der Waals surface area contributed by atoms with Gasteiger partial charge in [-0.15, -0.1) is 0 Å². The second-order valence-corrected chi connectivity index (χ2v) is 16.5. The van der Waals surface area contributed by atoms with Crippen molar-refractivity contribution in [2.24, 2.45) is 5.14 Å². The van der Waals surface area contributed by atoms with Gasteiger partial charge in [-0.25, -0.2) is 9.19 Å². The summed E-state index contributed by atoms with van der Waals surface area (Å²) in [4.78, 5) is 4.55. The molecule has 158 valence electrons. The molecule has 0 saturated heterocycles. The summed E-state index contributed by atoms with van der Waals surface area (Å²) in [5, 5.41) is 5.68. The fraction of sp³-hybridized carbons (Fsp3) is 0.650. The van der Waals surface area contributed by atoms with E-state index >= 15 is 0 Å². The van der Waals surface area contributed by atoms with Crippen molar-refractivity contribution >= 4 is 30.1 Å². The number of hydrogen-bond donors (Lipinski definition) is 1. The van der Waals surface area contributed by atoms with Crippen molar-refractivity contribution in [3.8, 4) is 0 Å². The number of ether oxygens (including phenoxy) is 2. The van der Waals surface area contributed by atoms with Gasteiger partial charge >= 0.3 is 0 Å². The molecular weight excluding hydrogens is 390 g/mol. The molecular formula is C20H35N3O3SSi. The quantitative estimate of drug-likeness (QED) is 0.438. The van der Waals surface area contributed by atoms with Gasteiger partial charge in [0.2, 0.25) is 0 Å². The van der Waals surface area contributed by atoms with Crippen LogP contribution in [0.1, 0.15) is 31.7 Å². The van der Waals surface area contributed by atoms with Crippen molar-refractivity contribution < 1.29 is 13.7 Å². The smallest absolute Gasteiger partial charge is 0.124 e. The molecule has 8 heteroatoms. The van der Waals surface area contributed by atoms with Gasteiger partial charge in [0.25, 0.3) is 0 Å². The van der Waals surface area contributed by atoms with Gasteiger partial charge in [-0.2, -0.15) is 0 Å². The van der Waals surface area contributed by atoms with Crippen LogP contribution in [0.25, 0.3) is 11.0 Å². The molecule has 1 aromatic heterocycles. The lowest BCUT2D eigenvalue weighted by atomic mass is 9.90. The first-order valence-corrected chi connectivity index (χ1v) is 14.6. The van der Waals surface area contributed by atoms with Crippen LogP contribution >= 0.6 is 0 Å². The third-order valence-electron chi connectivity index (χ3n) is 4.99. The van der Waals surface area contributed by atoms with E-state index in [1.165, 1.54) is 0 Å². The summed E-state index contributed by atoms with van der Waals surface area (Å²) in [6.45, 7) is 12.8. The molecule has 28 heavy (non-hydrogen) atoms. The van der Waals surface area contributed by atoms with Crippen molar-refractivity contribution in [1.29, 1.82) is 0 Å². The van der Waals surface area contributed by atoms with Crippen LogP contribution in [0, 0.1) is 0 Å². The first kappa shape index (κ1) is 23.2. The van der Waals surface area contributed by atoms with Crippen molar-refractivity contribution in [3.05, 3.63) is 30.1 Å². The van der Waals surface area contributed by atoms with Gasteiger partial charge in [-0.3, -0.25) is 5.14 Å². The van der Waals surface area contributed by atoms with Crippen LogP contribution in [0.4, 0.5) is 0 Å². The highest BCUT2D eigenvalue weighted by atomic mass is 32.2. The summed E-state index contributed by atoms with van der Waals surface area (Å²) in [5.41, 5.74) is 3.10. The minimum atomic E-state index is -1.40. The molecule has 0 fully saturated rings. The molecule has 0 radical (unpaired) electrons. The number of nitrogens with two attached hydrogens (primary N) is 1. The van der Waals surface area contributed by atoms with E-state index in [0.29, 0.717) is 19.8 Å². The van der Waals surface area contributed by atoms with Gasteiger partial charge < -0.3 is 14.0 Å². The number of methoxy groups -OCH3 is 1. The monoisotopic (exact) mass is 425 g/mol. The van der Waals surface area contributed by atoms with E-state index in [1.807, 2.05) is 24.7 Å². The molecule has 0 spiro atoms. The molecule has 2 N–H and O–H groups in total. The maximum absolute atomic E-state index is 11.9. The summed E-state index contributed by atoms with van der Waals surface area (Å²) in [5.74, 6) is 0.107. The van der Waals surface area contributed by atoms with Gasteiger partial charge in [-0.05, 0) is 44.0 Å². The Morgan fingerprint density at radius 2 is 2.04 bits per heavy atom. The zero-order chi connectivity index (χ0) is 20.9. The highest BCUT2D eigenvalue weighted by Crippen LogP contribution is 2.30. The molecule has 2 rings (SSSR count). The average molecular weight is 426 g/mol. The maximum atomic E-state index is 11.9. The Kier molecular flexibility index (Phi) is 7.98. The summed E-state index contributed by atoms with van der Waals surface area (Å²) in [6, 6.07) is 7.42. The maximum Gasteiger partial charge on any atom is 0.124 e. The van der Waals surface area contributed by atoms with Gasteiger partial charge in [0.05, 0.1) is 39.7 Å². The van der Waals surface area contributed by atoms with Crippen LogP contribution < -0.4 is 5.14 Å². The molecule has 0 saturated carbocycles. The Morgan fingerprint density at radius 1 is 1.32 bits per heavy atom. The highest BCUT2D eigenvalue weighted by Gasteiger charge is 2.29. The number of hydrogen-bond acceptors (Lipinski definition) is 4. The predicted molar refractivity (Wildman–Crippen MR) is 119 cm³/mol. The zero-order valence-electron chi connectivity index (χ0n) is 18.0. The zero-order valence-corrected chi connectivity index (χ0v) is 19.8. The van der Waals surface area contributed by atoms with Crippen LogP contribution in [0.2, 0.25) is 25.7 Å². The first-order valence-electron chi connectivity index (χ1n) is 9.71. The molecule has 0 aliphatic carbocycles. The third kappa shape index (κ3) is 6.49. The number of nitrogens with zero attached hydrogens (tertiary/aromatic N) is 2. The van der Waals surface area contributed by atoms with Crippen LogP contribution in [0.5, 0.6) is 0 Å². The van der Waals surface area contributed by atoms with E-state index in [-0.39, 0.29) is 5.92 Å². The van der Waals surface area contributed by atoms with E-state index in [9.17, 15) is 4.21 Å². The molecule has 0 aliphatic heterocycles. The van der Waals surface area contributed by atoms with Gasteiger partial charge in [0.1, 0.15) is 6.73 Å². The predicted octanol–water partition coefficient (Wildman–Crippen LogP) is 3.87. The van der Waals surface area contributed by atoms with Crippen LogP contribution in [0.3, 0.4) is 0 Å². The molecule has 0 aliphatic rings. The Labute approximate surface area is 172 Å². The molecule has 1 heterocycles. The van der Waals surface area contributed by atoms with Crippen molar-refractivity contribution in [2.45, 2.75) is 63.3 Å². The van der Waals surface area contributed by atoms with E-state index in [4.69, 9.17) is 14.6 Å². The standard InChI is InChI=1S/C20H35N3O3SSi/c1-20(2,27(21)24)12-17(13-25-3)16-7-8-19-18(11-16)22-14-23(19)15-26-9-10-28(4,5)6/h7-8,11,14,17H,9-10,12-13,15,21H2,1-6H3/t17-,27?/m1/s1. The lowest BCUT2D eigenvalue weighted by molar-refractivity contribution is 0.0898. The number of aromatic nitrogens is 2. The SMILES string of the molecule is COC[C@@H](CC(C)(C)S(N)=O)c1ccc2c(c1)ncn2COCC[Si](C)(C)C. The molecule has 1 aromatic carbocycles. The summed E-state index contributed by atoms with van der Waals surface area (Å²) in [6.07, 6.45) is 2.50. The van der Waals surface area contributed by atoms with E-state index in [1.54, 1.807) is 7.11 Å². The normalized spacial score (nSPS) is 15.1. The molecule has 2 aromatic rings. The lowest BCUT2D eigenvalue weighted by Crippen LogP contribution is -2.34. The summed E-state index contributed by atoms with van der Waals surface area (Å²) < 4.78 is 24.7. The van der Waals surface area contributed by atoms with Gasteiger partial charge in [0, 0.05) is 27.7 Å². The third-order valence-corrected chi connectivity index (χ3v) is 7.95. The van der Waals surface area contributed by atoms with Crippen molar-refractivity contribution in [2.75, 3.05) is 20.3 Å². The van der Waals surface area contributed by atoms with Crippen LogP contribution in [-0.2, 0) is 27.2 Å². The van der Waals surface area contributed by atoms with E-state index < -0.39 is 23.8 Å². The minimum Gasteiger partial charge on any atom is -0.384 e. The Bertz CT molecular complexity index is 802. The summed E-state index contributed by atoms with van der Waals surface area (Å²) >= 11 is 0. The van der Waals surface area contributed by atoms with E-state index in [2.05, 4.69) is 42.8 Å².